The van der Waals surface area contributed by atoms with Gasteiger partial charge in [0, 0.05) is 40.2 Å². The molecule has 1 aromatic rings. The minimum atomic E-state index is -0.0932. The molecule has 0 saturated heterocycles. The minimum Gasteiger partial charge on any atom is -0.328 e. The molecular formula is C16H22Cl2N2O. The van der Waals surface area contributed by atoms with Crippen LogP contribution in [-0.4, -0.2) is 18.5 Å². The number of amides is 1. The Labute approximate surface area is 137 Å². The highest BCUT2D eigenvalue weighted by Crippen LogP contribution is 2.45. The van der Waals surface area contributed by atoms with E-state index in [-0.39, 0.29) is 35.7 Å². The Morgan fingerprint density at radius 3 is 2.71 bits per heavy atom. The fourth-order valence-electron chi connectivity index (χ4n) is 3.62. The van der Waals surface area contributed by atoms with Crippen molar-refractivity contribution in [3.05, 3.63) is 28.8 Å². The molecule has 2 atom stereocenters. The van der Waals surface area contributed by atoms with Crippen molar-refractivity contribution in [1.29, 1.82) is 0 Å². The molecule has 116 valence electrons. The molecular weight excluding hydrogens is 307 g/mol. The van der Waals surface area contributed by atoms with Crippen molar-refractivity contribution >= 4 is 35.6 Å². The summed E-state index contributed by atoms with van der Waals surface area (Å²) in [5, 5.41) is 0.755. The van der Waals surface area contributed by atoms with Gasteiger partial charge in [-0.15, -0.1) is 12.4 Å². The molecule has 1 aliphatic carbocycles. The maximum atomic E-state index is 12.8. The predicted octanol–water partition coefficient (Wildman–Crippen LogP) is 3.51. The first-order chi connectivity index (χ1) is 9.40. The third kappa shape index (κ3) is 2.79. The molecule has 1 heterocycles. The van der Waals surface area contributed by atoms with Crippen molar-refractivity contribution in [3.8, 4) is 0 Å². The van der Waals surface area contributed by atoms with Crippen molar-refractivity contribution in [2.45, 2.75) is 44.6 Å². The van der Waals surface area contributed by atoms with Crippen LogP contribution in [0.15, 0.2) is 18.2 Å². The first-order valence-electron chi connectivity index (χ1n) is 7.26. The molecule has 0 bridgehead atoms. The van der Waals surface area contributed by atoms with E-state index in [1.165, 1.54) is 0 Å². The largest absolute Gasteiger partial charge is 0.328 e. The van der Waals surface area contributed by atoms with Gasteiger partial charge in [-0.2, -0.15) is 0 Å². The Balaban J connectivity index is 0.00000161. The fourth-order valence-corrected chi connectivity index (χ4v) is 4.05. The molecule has 5 heteroatoms. The number of benzene rings is 1. The number of halogens is 2. The van der Waals surface area contributed by atoms with Crippen LogP contribution in [0.4, 0.5) is 5.69 Å². The van der Waals surface area contributed by atoms with Crippen LogP contribution in [0.5, 0.6) is 0 Å². The van der Waals surface area contributed by atoms with E-state index in [1.54, 1.807) is 0 Å². The summed E-state index contributed by atoms with van der Waals surface area (Å²) in [5.41, 5.74) is 7.92. The summed E-state index contributed by atoms with van der Waals surface area (Å²) in [7, 11) is 0. The molecule has 1 saturated carbocycles. The molecule has 3 rings (SSSR count). The minimum absolute atomic E-state index is 0. The maximum absolute atomic E-state index is 12.8. The lowest BCUT2D eigenvalue weighted by Crippen LogP contribution is -2.37. The molecule has 1 fully saturated rings. The van der Waals surface area contributed by atoms with Gasteiger partial charge >= 0.3 is 0 Å². The van der Waals surface area contributed by atoms with Crippen LogP contribution in [0.2, 0.25) is 5.02 Å². The Morgan fingerprint density at radius 2 is 2.10 bits per heavy atom. The molecule has 0 radical (unpaired) electrons. The van der Waals surface area contributed by atoms with E-state index in [4.69, 9.17) is 17.3 Å². The van der Waals surface area contributed by atoms with Crippen molar-refractivity contribution in [1.82, 2.24) is 0 Å². The van der Waals surface area contributed by atoms with Crippen molar-refractivity contribution in [3.63, 3.8) is 0 Å². The zero-order valence-corrected chi connectivity index (χ0v) is 14.0. The van der Waals surface area contributed by atoms with Gasteiger partial charge in [-0.25, -0.2) is 0 Å². The van der Waals surface area contributed by atoms with Gasteiger partial charge in [-0.05, 0) is 31.4 Å². The molecule has 1 amide bonds. The monoisotopic (exact) mass is 328 g/mol. The van der Waals surface area contributed by atoms with Crippen LogP contribution in [-0.2, 0) is 10.2 Å². The molecule has 0 aromatic heterocycles. The maximum Gasteiger partial charge on any atom is 0.230 e. The number of anilines is 1. The third-order valence-corrected chi connectivity index (χ3v) is 4.92. The van der Waals surface area contributed by atoms with E-state index < -0.39 is 0 Å². The molecule has 0 spiro atoms. The van der Waals surface area contributed by atoms with Crippen LogP contribution in [0.3, 0.4) is 0 Å². The highest BCUT2D eigenvalue weighted by Gasteiger charge is 2.42. The second kappa shape index (κ2) is 5.79. The lowest BCUT2D eigenvalue weighted by Gasteiger charge is -2.23. The van der Waals surface area contributed by atoms with Crippen molar-refractivity contribution in [2.24, 2.45) is 11.7 Å². The average molecular weight is 329 g/mol. The number of fused-ring (bicyclic) bond motifs is 1. The molecule has 2 N–H and O–H groups in total. The van der Waals surface area contributed by atoms with Gasteiger partial charge in [0.15, 0.2) is 0 Å². The van der Waals surface area contributed by atoms with E-state index in [0.29, 0.717) is 6.54 Å². The Morgan fingerprint density at radius 1 is 1.38 bits per heavy atom. The first-order valence-corrected chi connectivity index (χ1v) is 7.64. The van der Waals surface area contributed by atoms with Crippen LogP contribution in [0.1, 0.15) is 38.7 Å². The van der Waals surface area contributed by atoms with Crippen LogP contribution >= 0.6 is 24.0 Å². The number of nitrogens with zero attached hydrogens (tertiary/aromatic N) is 1. The SMILES string of the molecule is CC1(C)CN(C(=O)C2CCC(N)C2)c2cccc(Cl)c21.Cl. The number of nitrogens with two attached hydrogens (primary N) is 1. The standard InChI is InChI=1S/C16H21ClN2O.ClH/c1-16(2)9-19(13-5-3-4-12(17)14(13)16)15(20)10-6-7-11(18)8-10;/h3-5,10-11H,6-9,18H2,1-2H3;1H. The number of carbonyl (C=O) groups is 1. The van der Waals surface area contributed by atoms with Crippen LogP contribution in [0.25, 0.3) is 0 Å². The highest BCUT2D eigenvalue weighted by atomic mass is 35.5. The topological polar surface area (TPSA) is 46.3 Å². The summed E-state index contributed by atoms with van der Waals surface area (Å²) in [4.78, 5) is 14.7. The van der Waals surface area contributed by atoms with Crippen LogP contribution in [0, 0.1) is 5.92 Å². The molecule has 1 aromatic carbocycles. The summed E-state index contributed by atoms with van der Waals surface area (Å²) < 4.78 is 0. The van der Waals surface area contributed by atoms with Gasteiger partial charge in [0.2, 0.25) is 5.91 Å². The van der Waals surface area contributed by atoms with Gasteiger partial charge in [0.25, 0.3) is 0 Å². The van der Waals surface area contributed by atoms with Gasteiger partial charge in [0.1, 0.15) is 0 Å². The average Bonchev–Trinajstić information content (AvgIpc) is 2.91. The van der Waals surface area contributed by atoms with E-state index in [2.05, 4.69) is 13.8 Å². The highest BCUT2D eigenvalue weighted by molar-refractivity contribution is 6.32. The van der Waals surface area contributed by atoms with Crippen molar-refractivity contribution < 1.29 is 4.79 Å². The number of hydrogen-bond donors (Lipinski definition) is 1. The van der Waals surface area contributed by atoms with E-state index in [9.17, 15) is 4.79 Å². The Bertz CT molecular complexity index is 559. The third-order valence-electron chi connectivity index (χ3n) is 4.60. The van der Waals surface area contributed by atoms with E-state index >= 15 is 0 Å². The normalized spacial score (nSPS) is 26.4. The summed E-state index contributed by atoms with van der Waals surface area (Å²) in [6.07, 6.45) is 2.68. The zero-order chi connectivity index (χ0) is 14.5. The Hall–Kier alpha value is -0.770. The van der Waals surface area contributed by atoms with E-state index in [0.717, 1.165) is 35.5 Å². The number of rotatable bonds is 1. The summed E-state index contributed by atoms with van der Waals surface area (Å²) in [6, 6.07) is 6.01. The molecule has 1 aliphatic heterocycles. The quantitative estimate of drug-likeness (QED) is 0.857. The summed E-state index contributed by atoms with van der Waals surface area (Å²) >= 11 is 6.35. The van der Waals surface area contributed by atoms with E-state index in [1.807, 2.05) is 23.1 Å². The van der Waals surface area contributed by atoms with Gasteiger partial charge in [-0.1, -0.05) is 31.5 Å². The van der Waals surface area contributed by atoms with Gasteiger partial charge in [-0.3, -0.25) is 4.79 Å². The van der Waals surface area contributed by atoms with Gasteiger partial charge < -0.3 is 10.6 Å². The molecule has 3 nitrogen and oxygen atoms in total. The van der Waals surface area contributed by atoms with Crippen LogP contribution < -0.4 is 10.6 Å². The smallest absolute Gasteiger partial charge is 0.230 e. The van der Waals surface area contributed by atoms with Crippen molar-refractivity contribution in [2.75, 3.05) is 11.4 Å². The predicted molar refractivity (Wildman–Crippen MR) is 89.4 cm³/mol. The molecule has 2 unspecified atom stereocenters. The molecule has 2 aliphatic rings. The summed E-state index contributed by atoms with van der Waals surface area (Å²) in [5.74, 6) is 0.290. The lowest BCUT2D eigenvalue weighted by atomic mass is 9.87. The second-order valence-corrected chi connectivity index (χ2v) is 7.12. The van der Waals surface area contributed by atoms with Gasteiger partial charge in [0.05, 0.1) is 0 Å². The first kappa shape index (κ1) is 16.6. The Kier molecular flexibility index (Phi) is 4.57. The zero-order valence-electron chi connectivity index (χ0n) is 12.4. The lowest BCUT2D eigenvalue weighted by molar-refractivity contribution is -0.122. The molecule has 21 heavy (non-hydrogen) atoms. The fraction of sp³-hybridized carbons (Fsp3) is 0.562. The number of carbonyl (C=O) groups excluding carboxylic acids is 1. The summed E-state index contributed by atoms with van der Waals surface area (Å²) in [6.45, 7) is 4.99. The number of hydrogen-bond acceptors (Lipinski definition) is 2. The second-order valence-electron chi connectivity index (χ2n) is 6.71.